The van der Waals surface area contributed by atoms with Crippen LogP contribution >= 0.6 is 23.2 Å². The molecule has 0 saturated carbocycles. The van der Waals surface area contributed by atoms with Crippen LogP contribution < -0.4 is 5.32 Å². The highest BCUT2D eigenvalue weighted by molar-refractivity contribution is 6.36. The summed E-state index contributed by atoms with van der Waals surface area (Å²) in [6.45, 7) is 5.34. The van der Waals surface area contributed by atoms with Crippen molar-refractivity contribution in [3.05, 3.63) is 33.8 Å². The van der Waals surface area contributed by atoms with Crippen molar-refractivity contribution in [3.63, 3.8) is 0 Å². The number of benzene rings is 1. The third-order valence-electron chi connectivity index (χ3n) is 3.56. The van der Waals surface area contributed by atoms with Gasteiger partial charge in [0.15, 0.2) is 0 Å². The lowest BCUT2D eigenvalue weighted by molar-refractivity contribution is -0.137. The second kappa shape index (κ2) is 6.67. The zero-order valence-corrected chi connectivity index (χ0v) is 13.5. The van der Waals surface area contributed by atoms with Crippen LogP contribution in [0.1, 0.15) is 30.6 Å². The molecule has 1 unspecified atom stereocenters. The van der Waals surface area contributed by atoms with Crippen LogP contribution in [0.5, 0.6) is 0 Å². The second-order valence-corrected chi connectivity index (χ2v) is 6.34. The molecule has 1 aliphatic rings. The molecule has 0 aromatic heterocycles. The van der Waals surface area contributed by atoms with Crippen LogP contribution in [0.4, 0.5) is 0 Å². The fraction of sp³-hybridized carbons (Fsp3) is 0.467. The van der Waals surface area contributed by atoms with Gasteiger partial charge in [0.05, 0.1) is 10.6 Å². The maximum absolute atomic E-state index is 12.3. The Morgan fingerprint density at radius 3 is 2.38 bits per heavy atom. The standard InChI is InChI=1S/C15H18Cl2N2O2/c1-9(2)13(15(21)19-6-3-7-19)18-14(20)11-5-4-10(16)8-12(11)17/h4-5,8-9,13H,3,6-7H2,1-2H3,(H,18,20). The number of amides is 2. The Balaban J connectivity index is 2.12. The van der Waals surface area contributed by atoms with Crippen molar-refractivity contribution in [1.82, 2.24) is 10.2 Å². The predicted octanol–water partition coefficient (Wildman–Crippen LogP) is 2.98. The van der Waals surface area contributed by atoms with Crippen molar-refractivity contribution in [3.8, 4) is 0 Å². The molecule has 1 heterocycles. The minimum Gasteiger partial charge on any atom is -0.341 e. The van der Waals surface area contributed by atoms with E-state index >= 15 is 0 Å². The molecule has 1 aromatic rings. The van der Waals surface area contributed by atoms with Gasteiger partial charge in [0.1, 0.15) is 6.04 Å². The van der Waals surface area contributed by atoms with E-state index in [2.05, 4.69) is 5.32 Å². The summed E-state index contributed by atoms with van der Waals surface area (Å²) in [6, 6.07) is 4.14. The molecule has 0 spiro atoms. The van der Waals surface area contributed by atoms with Crippen LogP contribution in [-0.2, 0) is 4.79 Å². The molecule has 1 N–H and O–H groups in total. The van der Waals surface area contributed by atoms with Gasteiger partial charge in [-0.3, -0.25) is 9.59 Å². The van der Waals surface area contributed by atoms with Gasteiger partial charge >= 0.3 is 0 Å². The van der Waals surface area contributed by atoms with E-state index in [9.17, 15) is 9.59 Å². The second-order valence-electron chi connectivity index (χ2n) is 5.50. The Morgan fingerprint density at radius 1 is 1.24 bits per heavy atom. The number of nitrogens with zero attached hydrogens (tertiary/aromatic N) is 1. The van der Waals surface area contributed by atoms with E-state index in [0.717, 1.165) is 19.5 Å². The molecule has 0 aliphatic carbocycles. The Bertz CT molecular complexity index is 557. The topological polar surface area (TPSA) is 49.4 Å². The largest absolute Gasteiger partial charge is 0.341 e. The van der Waals surface area contributed by atoms with Crippen molar-refractivity contribution >= 4 is 35.0 Å². The Morgan fingerprint density at radius 2 is 1.90 bits per heavy atom. The van der Waals surface area contributed by atoms with Crippen molar-refractivity contribution in [1.29, 1.82) is 0 Å². The highest BCUT2D eigenvalue weighted by Gasteiger charge is 2.31. The van der Waals surface area contributed by atoms with Crippen LogP contribution in [0.15, 0.2) is 18.2 Å². The van der Waals surface area contributed by atoms with Gasteiger partial charge in [-0.25, -0.2) is 0 Å². The van der Waals surface area contributed by atoms with E-state index in [1.54, 1.807) is 17.0 Å². The van der Waals surface area contributed by atoms with E-state index in [-0.39, 0.29) is 22.8 Å². The van der Waals surface area contributed by atoms with Crippen LogP contribution in [0.2, 0.25) is 10.0 Å². The highest BCUT2D eigenvalue weighted by atomic mass is 35.5. The number of hydrogen-bond donors (Lipinski definition) is 1. The van der Waals surface area contributed by atoms with E-state index in [1.807, 2.05) is 13.8 Å². The Kier molecular flexibility index (Phi) is 5.12. The summed E-state index contributed by atoms with van der Waals surface area (Å²) in [5, 5.41) is 3.53. The SMILES string of the molecule is CC(C)C(NC(=O)c1ccc(Cl)cc1Cl)C(=O)N1CCC1. The summed E-state index contributed by atoms with van der Waals surface area (Å²) in [4.78, 5) is 26.4. The molecular weight excluding hydrogens is 311 g/mol. The maximum Gasteiger partial charge on any atom is 0.253 e. The first-order valence-corrected chi connectivity index (χ1v) is 7.70. The van der Waals surface area contributed by atoms with Crippen molar-refractivity contribution in [2.45, 2.75) is 26.3 Å². The van der Waals surface area contributed by atoms with Crippen LogP contribution in [0, 0.1) is 5.92 Å². The summed E-state index contributed by atoms with van der Waals surface area (Å²) in [5.74, 6) is -0.382. The lowest BCUT2D eigenvalue weighted by atomic mass is 10.0. The van der Waals surface area contributed by atoms with E-state index in [1.165, 1.54) is 6.07 Å². The number of hydrogen-bond acceptors (Lipinski definition) is 2. The van der Waals surface area contributed by atoms with Crippen molar-refractivity contribution in [2.75, 3.05) is 13.1 Å². The number of nitrogens with one attached hydrogen (secondary N) is 1. The number of carbonyl (C=O) groups is 2. The van der Waals surface area contributed by atoms with E-state index in [0.29, 0.717) is 10.6 Å². The minimum absolute atomic E-state index is 0.00752. The highest BCUT2D eigenvalue weighted by Crippen LogP contribution is 2.21. The van der Waals surface area contributed by atoms with E-state index in [4.69, 9.17) is 23.2 Å². The summed E-state index contributed by atoms with van der Waals surface area (Å²) in [6.07, 6.45) is 1.02. The molecule has 4 nitrogen and oxygen atoms in total. The third kappa shape index (κ3) is 3.69. The quantitative estimate of drug-likeness (QED) is 0.923. The molecular formula is C15H18Cl2N2O2. The van der Waals surface area contributed by atoms with Gasteiger partial charge in [-0.1, -0.05) is 37.0 Å². The number of halogens is 2. The molecule has 0 radical (unpaired) electrons. The molecule has 1 aliphatic heterocycles. The Labute approximate surface area is 134 Å². The van der Waals surface area contributed by atoms with Gasteiger partial charge in [-0.05, 0) is 30.5 Å². The zero-order chi connectivity index (χ0) is 15.6. The first kappa shape index (κ1) is 16.1. The van der Waals surface area contributed by atoms with Crippen molar-refractivity contribution < 1.29 is 9.59 Å². The average Bonchev–Trinajstić information content (AvgIpc) is 2.32. The van der Waals surface area contributed by atoms with E-state index < -0.39 is 6.04 Å². The fourth-order valence-electron chi connectivity index (χ4n) is 2.14. The van der Waals surface area contributed by atoms with Crippen molar-refractivity contribution in [2.24, 2.45) is 5.92 Å². The number of carbonyl (C=O) groups excluding carboxylic acids is 2. The zero-order valence-electron chi connectivity index (χ0n) is 12.0. The lowest BCUT2D eigenvalue weighted by Crippen LogP contribution is -2.55. The van der Waals surface area contributed by atoms with Crippen LogP contribution in [0.3, 0.4) is 0 Å². The van der Waals surface area contributed by atoms with Gasteiger partial charge < -0.3 is 10.2 Å². The summed E-state index contributed by atoms with van der Waals surface area (Å²) >= 11 is 11.8. The number of likely N-dealkylation sites (tertiary alicyclic amines) is 1. The molecule has 2 rings (SSSR count). The third-order valence-corrected chi connectivity index (χ3v) is 4.11. The molecule has 2 amide bonds. The molecule has 114 valence electrons. The smallest absolute Gasteiger partial charge is 0.253 e. The van der Waals surface area contributed by atoms with Gasteiger partial charge in [0.2, 0.25) is 5.91 Å². The lowest BCUT2D eigenvalue weighted by Gasteiger charge is -2.35. The maximum atomic E-state index is 12.3. The summed E-state index contributed by atoms with van der Waals surface area (Å²) in [5.41, 5.74) is 0.322. The normalized spacial score (nSPS) is 15.6. The first-order valence-electron chi connectivity index (χ1n) is 6.95. The van der Waals surface area contributed by atoms with Gasteiger partial charge in [-0.2, -0.15) is 0 Å². The molecule has 21 heavy (non-hydrogen) atoms. The van der Waals surface area contributed by atoms with Crippen LogP contribution in [-0.4, -0.2) is 35.8 Å². The fourth-order valence-corrected chi connectivity index (χ4v) is 2.63. The minimum atomic E-state index is -0.537. The number of rotatable bonds is 4. The molecule has 1 aromatic carbocycles. The monoisotopic (exact) mass is 328 g/mol. The molecule has 1 fully saturated rings. The van der Waals surface area contributed by atoms with Gasteiger partial charge in [0, 0.05) is 18.1 Å². The summed E-state index contributed by atoms with van der Waals surface area (Å²) in [7, 11) is 0. The molecule has 6 heteroatoms. The predicted molar refractivity (Wildman–Crippen MR) is 83.8 cm³/mol. The molecule has 1 atom stereocenters. The molecule has 0 bridgehead atoms. The van der Waals surface area contributed by atoms with Crippen LogP contribution in [0.25, 0.3) is 0 Å². The average molecular weight is 329 g/mol. The Hall–Kier alpha value is -1.26. The van der Waals surface area contributed by atoms with Gasteiger partial charge in [0.25, 0.3) is 5.91 Å². The summed E-state index contributed by atoms with van der Waals surface area (Å²) < 4.78 is 0. The van der Waals surface area contributed by atoms with Gasteiger partial charge in [-0.15, -0.1) is 0 Å². The molecule has 1 saturated heterocycles. The first-order chi connectivity index (χ1) is 9.90.